The van der Waals surface area contributed by atoms with Crippen LogP contribution in [0.15, 0.2) is 10.5 Å². The molecule has 0 spiro atoms. The van der Waals surface area contributed by atoms with Crippen LogP contribution in [0, 0.1) is 29.5 Å². The van der Waals surface area contributed by atoms with Crippen LogP contribution in [0.25, 0.3) is 10.9 Å². The first-order valence-electron chi connectivity index (χ1n) is 7.28. The predicted octanol–water partition coefficient (Wildman–Crippen LogP) is 4.05. The van der Waals surface area contributed by atoms with Crippen LogP contribution in [0.3, 0.4) is 0 Å². The highest BCUT2D eigenvalue weighted by Gasteiger charge is 2.34. The first-order valence-corrected chi connectivity index (χ1v) is 8.08. The minimum atomic E-state index is -0.988. The van der Waals surface area contributed by atoms with Gasteiger partial charge < -0.3 is 4.90 Å². The van der Waals surface area contributed by atoms with Gasteiger partial charge in [0.05, 0.1) is 4.47 Å². The highest BCUT2D eigenvalue weighted by Crippen LogP contribution is 2.40. The van der Waals surface area contributed by atoms with Crippen molar-refractivity contribution in [2.45, 2.75) is 19.3 Å². The Balaban J connectivity index is 1.90. The van der Waals surface area contributed by atoms with Gasteiger partial charge in [-0.3, -0.25) is 0 Å². The van der Waals surface area contributed by atoms with Crippen molar-refractivity contribution in [3.8, 4) is 0 Å². The summed E-state index contributed by atoms with van der Waals surface area (Å²) in [6, 6.07) is 1.17. The fourth-order valence-corrected chi connectivity index (χ4v) is 4.05. The molecule has 4 rings (SSSR count). The molecule has 2 aliphatic rings. The van der Waals surface area contributed by atoms with Gasteiger partial charge >= 0.3 is 6.08 Å². The van der Waals surface area contributed by atoms with E-state index in [0.717, 1.165) is 25.9 Å². The van der Waals surface area contributed by atoms with Crippen molar-refractivity contribution in [2.24, 2.45) is 11.8 Å². The number of hydrogen-bond donors (Lipinski definition) is 0. The number of fused-ring (bicyclic) bond motifs is 3. The summed E-state index contributed by atoms with van der Waals surface area (Å²) in [5, 5.41) is 0.223. The lowest BCUT2D eigenvalue weighted by atomic mass is 9.98. The minimum Gasteiger partial charge on any atom is -0.355 e. The van der Waals surface area contributed by atoms with Crippen LogP contribution in [0.2, 0.25) is 0 Å². The predicted molar refractivity (Wildman–Crippen MR) is 80.2 cm³/mol. The first kappa shape index (κ1) is 14.2. The largest absolute Gasteiger partial charge is 0.355 e. The fraction of sp³-hybridized carbons (Fsp3) is 0.467. The summed E-state index contributed by atoms with van der Waals surface area (Å²) in [4.78, 5) is 9.29. The van der Waals surface area contributed by atoms with Crippen LogP contribution in [0.1, 0.15) is 19.3 Å². The third kappa shape index (κ3) is 2.17. The highest BCUT2D eigenvalue weighted by molar-refractivity contribution is 9.10. The molecule has 0 amide bonds. The van der Waals surface area contributed by atoms with Gasteiger partial charge in [0.1, 0.15) is 17.2 Å². The van der Waals surface area contributed by atoms with Gasteiger partial charge in [0, 0.05) is 18.5 Å². The molecule has 2 atom stereocenters. The molecule has 1 aliphatic heterocycles. The average Bonchev–Trinajstić information content (AvgIpc) is 2.84. The zero-order valence-corrected chi connectivity index (χ0v) is 13.2. The van der Waals surface area contributed by atoms with Crippen LogP contribution >= 0.6 is 15.9 Å². The molecule has 1 aromatic heterocycles. The molecule has 2 aromatic rings. The lowest BCUT2D eigenvalue weighted by Crippen LogP contribution is -2.37. The maximum Gasteiger partial charge on any atom is 0.311 e. The lowest BCUT2D eigenvalue weighted by Gasteiger charge is -2.33. The Hall–Kier alpha value is -1.37. The number of rotatable bonds is 1. The van der Waals surface area contributed by atoms with Crippen LogP contribution < -0.4 is 4.90 Å². The van der Waals surface area contributed by atoms with E-state index in [9.17, 15) is 13.2 Å². The van der Waals surface area contributed by atoms with Gasteiger partial charge in [0.2, 0.25) is 0 Å². The van der Waals surface area contributed by atoms with Gasteiger partial charge in [0.25, 0.3) is 0 Å². The molecule has 2 bridgehead atoms. The van der Waals surface area contributed by atoms with Crippen LogP contribution in [-0.4, -0.2) is 23.1 Å². The number of aromatic nitrogens is 2. The van der Waals surface area contributed by atoms with Gasteiger partial charge in [-0.25, -0.2) is 8.78 Å². The summed E-state index contributed by atoms with van der Waals surface area (Å²) >= 11 is 2.83. The van der Waals surface area contributed by atoms with Gasteiger partial charge in [-0.05, 0) is 53.1 Å². The Kier molecular flexibility index (Phi) is 3.29. The Morgan fingerprint density at radius 2 is 1.77 bits per heavy atom. The van der Waals surface area contributed by atoms with Crippen molar-refractivity contribution in [3.05, 3.63) is 28.3 Å². The Bertz CT molecular complexity index is 756. The zero-order valence-electron chi connectivity index (χ0n) is 11.6. The number of anilines is 1. The summed E-state index contributed by atoms with van der Waals surface area (Å²) in [5.74, 6) is -0.225. The molecule has 2 fully saturated rings. The van der Waals surface area contributed by atoms with Crippen molar-refractivity contribution in [1.82, 2.24) is 9.97 Å². The number of benzene rings is 1. The quantitative estimate of drug-likeness (QED) is 0.559. The molecular weight excluding hydrogens is 359 g/mol. The Morgan fingerprint density at radius 1 is 1.09 bits per heavy atom. The maximum atomic E-state index is 14.2. The topological polar surface area (TPSA) is 29.0 Å². The van der Waals surface area contributed by atoms with E-state index in [1.165, 1.54) is 12.5 Å². The van der Waals surface area contributed by atoms with Gasteiger partial charge in [-0.15, -0.1) is 0 Å². The van der Waals surface area contributed by atoms with E-state index in [1.807, 2.05) is 4.90 Å². The number of piperidine rings is 1. The summed E-state index contributed by atoms with van der Waals surface area (Å²) < 4.78 is 41.5. The smallest absolute Gasteiger partial charge is 0.311 e. The third-order valence-electron chi connectivity index (χ3n) is 4.69. The second-order valence-electron chi connectivity index (χ2n) is 6.15. The third-order valence-corrected chi connectivity index (χ3v) is 5.41. The van der Waals surface area contributed by atoms with Gasteiger partial charge in [-0.2, -0.15) is 14.4 Å². The number of nitrogens with zero attached hydrogens (tertiary/aromatic N) is 3. The van der Waals surface area contributed by atoms with Crippen molar-refractivity contribution < 1.29 is 13.2 Å². The standard InChI is InChI=1S/C15H13BrF3N3/c16-11-10(17)4-9-13(12(11)18)20-15(19)21-14(9)22-5-7-1-2-8(3-7)6-22/h4,7-8H,1-3,5-6H2. The van der Waals surface area contributed by atoms with Gasteiger partial charge in [0.15, 0.2) is 5.82 Å². The number of hydrogen-bond acceptors (Lipinski definition) is 3. The van der Waals surface area contributed by atoms with E-state index < -0.39 is 17.7 Å². The van der Waals surface area contributed by atoms with Gasteiger partial charge in [-0.1, -0.05) is 0 Å². The average molecular weight is 372 g/mol. The molecule has 1 aromatic carbocycles. The van der Waals surface area contributed by atoms with E-state index in [4.69, 9.17) is 0 Å². The first-order chi connectivity index (χ1) is 10.5. The molecule has 1 saturated carbocycles. The molecule has 3 nitrogen and oxygen atoms in total. The molecule has 2 heterocycles. The summed E-state index contributed by atoms with van der Waals surface area (Å²) in [7, 11) is 0. The normalized spacial score (nSPS) is 24.3. The van der Waals surface area contributed by atoms with Crippen molar-refractivity contribution in [3.63, 3.8) is 0 Å². The summed E-state index contributed by atoms with van der Waals surface area (Å²) in [6.07, 6.45) is 2.50. The molecule has 7 heteroatoms. The molecule has 116 valence electrons. The fourth-order valence-electron chi connectivity index (χ4n) is 3.75. The molecule has 2 unspecified atom stereocenters. The van der Waals surface area contributed by atoms with E-state index in [1.54, 1.807) is 0 Å². The highest BCUT2D eigenvalue weighted by atomic mass is 79.9. The zero-order chi connectivity index (χ0) is 15.4. The Morgan fingerprint density at radius 3 is 2.45 bits per heavy atom. The maximum absolute atomic E-state index is 14.2. The van der Waals surface area contributed by atoms with Crippen molar-refractivity contribution in [2.75, 3.05) is 18.0 Å². The minimum absolute atomic E-state index is 0.186. The van der Waals surface area contributed by atoms with Crippen molar-refractivity contribution >= 4 is 32.7 Å². The van der Waals surface area contributed by atoms with E-state index in [-0.39, 0.29) is 15.4 Å². The van der Waals surface area contributed by atoms with Crippen molar-refractivity contribution in [1.29, 1.82) is 0 Å². The SMILES string of the molecule is Fc1nc(N2CC3CCC(C3)C2)c2cc(F)c(Br)c(F)c2n1. The number of halogens is 4. The molecule has 1 aliphatic carbocycles. The van der Waals surface area contributed by atoms with E-state index in [2.05, 4.69) is 25.9 Å². The second-order valence-corrected chi connectivity index (χ2v) is 6.94. The van der Waals surface area contributed by atoms with Crippen LogP contribution in [-0.2, 0) is 0 Å². The summed E-state index contributed by atoms with van der Waals surface area (Å²) in [6.45, 7) is 1.50. The van der Waals surface area contributed by atoms with E-state index >= 15 is 0 Å². The Labute approximate surface area is 133 Å². The molecule has 22 heavy (non-hydrogen) atoms. The summed E-state index contributed by atoms with van der Waals surface area (Å²) in [5.41, 5.74) is -0.186. The lowest BCUT2D eigenvalue weighted by molar-refractivity contribution is 0.417. The monoisotopic (exact) mass is 371 g/mol. The van der Waals surface area contributed by atoms with Crippen LogP contribution in [0.4, 0.5) is 19.0 Å². The molecular formula is C15H13BrF3N3. The second kappa shape index (κ2) is 5.08. The van der Waals surface area contributed by atoms with E-state index in [0.29, 0.717) is 17.7 Å². The molecule has 0 radical (unpaired) electrons. The molecule has 1 saturated heterocycles. The van der Waals surface area contributed by atoms with Crippen LogP contribution in [0.5, 0.6) is 0 Å². The molecule has 0 N–H and O–H groups in total.